The van der Waals surface area contributed by atoms with Crippen molar-refractivity contribution in [3.05, 3.63) is 65.0 Å². The Morgan fingerprint density at radius 2 is 1.90 bits per heavy atom. The fourth-order valence-corrected chi connectivity index (χ4v) is 3.18. The van der Waals surface area contributed by atoms with Gasteiger partial charge in [0.25, 0.3) is 0 Å². The molecule has 0 spiro atoms. The van der Waals surface area contributed by atoms with Crippen LogP contribution in [0.2, 0.25) is 0 Å². The SMILES string of the molecule is CCCCCC1COC(c2ccc(C(=O)Oc3ccc(C#N)cc3)cc2F)OC1. The number of hydrogen-bond acceptors (Lipinski definition) is 5. The van der Waals surface area contributed by atoms with Gasteiger partial charge in [-0.2, -0.15) is 5.26 Å². The summed E-state index contributed by atoms with van der Waals surface area (Å²) in [6.07, 6.45) is 3.78. The predicted octanol–water partition coefficient (Wildman–Crippen LogP) is 5.16. The number of unbranched alkanes of at least 4 members (excludes halogenated alkanes) is 2. The second kappa shape index (κ2) is 10.1. The number of nitrogens with zero attached hydrogens (tertiary/aromatic N) is 1. The smallest absolute Gasteiger partial charge is 0.343 e. The summed E-state index contributed by atoms with van der Waals surface area (Å²) in [6.45, 7) is 3.24. The lowest BCUT2D eigenvalue weighted by Crippen LogP contribution is -2.27. The number of benzene rings is 2. The molecule has 0 bridgehead atoms. The molecule has 0 atom stereocenters. The van der Waals surface area contributed by atoms with Gasteiger partial charge in [-0.05, 0) is 42.8 Å². The van der Waals surface area contributed by atoms with Crippen LogP contribution in [0, 0.1) is 23.1 Å². The maximum Gasteiger partial charge on any atom is 0.343 e. The molecule has 2 aromatic carbocycles. The first kappa shape index (κ1) is 21.0. The van der Waals surface area contributed by atoms with Crippen LogP contribution in [0.1, 0.15) is 60.4 Å². The van der Waals surface area contributed by atoms with Gasteiger partial charge in [0, 0.05) is 11.5 Å². The zero-order chi connectivity index (χ0) is 20.6. The summed E-state index contributed by atoms with van der Waals surface area (Å²) in [6, 6.07) is 12.2. The molecule has 1 fully saturated rings. The van der Waals surface area contributed by atoms with Crippen molar-refractivity contribution in [2.75, 3.05) is 13.2 Å². The highest BCUT2D eigenvalue weighted by Crippen LogP contribution is 2.29. The molecule has 0 amide bonds. The number of carbonyl (C=O) groups excluding carboxylic acids is 1. The maximum atomic E-state index is 14.6. The molecule has 2 aromatic rings. The Morgan fingerprint density at radius 1 is 1.17 bits per heavy atom. The van der Waals surface area contributed by atoms with Gasteiger partial charge in [-0.25, -0.2) is 9.18 Å². The van der Waals surface area contributed by atoms with Crippen LogP contribution >= 0.6 is 0 Å². The van der Waals surface area contributed by atoms with Crippen molar-refractivity contribution in [1.29, 1.82) is 5.26 Å². The van der Waals surface area contributed by atoms with Crippen molar-refractivity contribution >= 4 is 5.97 Å². The van der Waals surface area contributed by atoms with Crippen LogP contribution in [0.5, 0.6) is 5.75 Å². The van der Waals surface area contributed by atoms with Crippen molar-refractivity contribution in [3.63, 3.8) is 0 Å². The summed E-state index contributed by atoms with van der Waals surface area (Å²) in [5, 5.41) is 8.80. The largest absolute Gasteiger partial charge is 0.423 e. The van der Waals surface area contributed by atoms with E-state index in [1.165, 1.54) is 37.1 Å². The lowest BCUT2D eigenvalue weighted by Gasteiger charge is -2.29. The summed E-state index contributed by atoms with van der Waals surface area (Å²) in [5.74, 6) is -0.635. The fourth-order valence-electron chi connectivity index (χ4n) is 3.18. The Bertz CT molecular complexity index is 867. The van der Waals surface area contributed by atoms with Crippen molar-refractivity contribution < 1.29 is 23.4 Å². The molecule has 0 aliphatic carbocycles. The molecule has 1 aliphatic rings. The number of rotatable bonds is 7. The number of hydrogen-bond donors (Lipinski definition) is 0. The van der Waals surface area contributed by atoms with Crippen LogP contribution in [-0.2, 0) is 9.47 Å². The minimum absolute atomic E-state index is 0.0869. The summed E-state index contributed by atoms with van der Waals surface area (Å²) < 4.78 is 31.2. The molecule has 3 rings (SSSR count). The zero-order valence-electron chi connectivity index (χ0n) is 16.4. The van der Waals surface area contributed by atoms with Gasteiger partial charge in [-0.1, -0.05) is 32.3 Å². The molecule has 152 valence electrons. The molecule has 0 radical (unpaired) electrons. The van der Waals surface area contributed by atoms with E-state index in [1.807, 2.05) is 6.07 Å². The lowest BCUT2D eigenvalue weighted by atomic mass is 10.0. The third-order valence-electron chi connectivity index (χ3n) is 4.87. The first-order valence-electron chi connectivity index (χ1n) is 9.85. The second-order valence-electron chi connectivity index (χ2n) is 7.12. The first-order valence-corrected chi connectivity index (χ1v) is 9.85. The molecule has 0 aromatic heterocycles. The van der Waals surface area contributed by atoms with Crippen LogP contribution in [-0.4, -0.2) is 19.2 Å². The lowest BCUT2D eigenvalue weighted by molar-refractivity contribution is -0.207. The maximum absolute atomic E-state index is 14.6. The number of halogens is 1. The van der Waals surface area contributed by atoms with Gasteiger partial charge in [0.05, 0.1) is 30.4 Å². The Kier molecular flexibility index (Phi) is 7.34. The number of carbonyl (C=O) groups is 1. The molecule has 0 unspecified atom stereocenters. The van der Waals surface area contributed by atoms with Crippen LogP contribution in [0.15, 0.2) is 42.5 Å². The van der Waals surface area contributed by atoms with Crippen LogP contribution in [0.4, 0.5) is 4.39 Å². The van der Waals surface area contributed by atoms with Gasteiger partial charge in [0.15, 0.2) is 6.29 Å². The van der Waals surface area contributed by atoms with Gasteiger partial charge < -0.3 is 14.2 Å². The van der Waals surface area contributed by atoms with E-state index >= 15 is 0 Å². The Labute approximate surface area is 170 Å². The number of nitriles is 1. The zero-order valence-corrected chi connectivity index (χ0v) is 16.4. The molecule has 1 aliphatic heterocycles. The van der Waals surface area contributed by atoms with E-state index in [2.05, 4.69) is 6.92 Å². The Hall–Kier alpha value is -2.75. The molecule has 0 N–H and O–H groups in total. The van der Waals surface area contributed by atoms with Gasteiger partial charge in [0.1, 0.15) is 11.6 Å². The summed E-state index contributed by atoms with van der Waals surface area (Å²) >= 11 is 0. The normalized spacial score (nSPS) is 18.8. The third-order valence-corrected chi connectivity index (χ3v) is 4.87. The molecule has 1 saturated heterocycles. The first-order chi connectivity index (χ1) is 14.1. The predicted molar refractivity (Wildman–Crippen MR) is 105 cm³/mol. The van der Waals surface area contributed by atoms with E-state index in [4.69, 9.17) is 19.5 Å². The molecule has 0 saturated carbocycles. The third kappa shape index (κ3) is 5.63. The highest BCUT2D eigenvalue weighted by atomic mass is 19.1. The van der Waals surface area contributed by atoms with Crippen LogP contribution < -0.4 is 4.74 Å². The van der Waals surface area contributed by atoms with Crippen LogP contribution in [0.3, 0.4) is 0 Å². The van der Waals surface area contributed by atoms with Crippen LogP contribution in [0.25, 0.3) is 0 Å². The van der Waals surface area contributed by atoms with Gasteiger partial charge >= 0.3 is 5.97 Å². The van der Waals surface area contributed by atoms with Crippen molar-refractivity contribution in [2.24, 2.45) is 5.92 Å². The monoisotopic (exact) mass is 397 g/mol. The van der Waals surface area contributed by atoms with E-state index in [0.717, 1.165) is 18.9 Å². The topological polar surface area (TPSA) is 68.5 Å². The Balaban J connectivity index is 1.58. The molecular weight excluding hydrogens is 373 g/mol. The second-order valence-corrected chi connectivity index (χ2v) is 7.12. The standard InChI is InChI=1S/C23H24FNO4/c1-2-3-4-5-17-14-27-23(28-15-17)20-11-8-18(12-21(20)24)22(26)29-19-9-6-16(13-25)7-10-19/h6-12,17,23H,2-5,14-15H2,1H3. The highest BCUT2D eigenvalue weighted by Gasteiger charge is 2.26. The Morgan fingerprint density at radius 3 is 2.52 bits per heavy atom. The fraction of sp³-hybridized carbons (Fsp3) is 0.391. The van der Waals surface area contributed by atoms with E-state index < -0.39 is 18.1 Å². The van der Waals surface area contributed by atoms with E-state index in [-0.39, 0.29) is 16.9 Å². The van der Waals surface area contributed by atoms with Gasteiger partial charge in [-0.3, -0.25) is 0 Å². The minimum Gasteiger partial charge on any atom is -0.423 e. The highest BCUT2D eigenvalue weighted by molar-refractivity contribution is 5.91. The molecule has 29 heavy (non-hydrogen) atoms. The van der Waals surface area contributed by atoms with E-state index in [0.29, 0.717) is 24.7 Å². The number of esters is 1. The van der Waals surface area contributed by atoms with Crippen molar-refractivity contribution in [2.45, 2.75) is 38.9 Å². The van der Waals surface area contributed by atoms with Crippen molar-refractivity contribution in [1.82, 2.24) is 0 Å². The molecular formula is C23H24FNO4. The van der Waals surface area contributed by atoms with Gasteiger partial charge in [-0.15, -0.1) is 0 Å². The number of ether oxygens (including phenoxy) is 3. The summed E-state index contributed by atoms with van der Waals surface area (Å²) in [5.41, 5.74) is 0.816. The average Bonchev–Trinajstić information content (AvgIpc) is 2.75. The quantitative estimate of drug-likeness (QED) is 0.367. The average molecular weight is 397 g/mol. The summed E-state index contributed by atoms with van der Waals surface area (Å²) in [7, 11) is 0. The summed E-state index contributed by atoms with van der Waals surface area (Å²) in [4.78, 5) is 12.3. The van der Waals surface area contributed by atoms with E-state index in [1.54, 1.807) is 12.1 Å². The molecule has 1 heterocycles. The van der Waals surface area contributed by atoms with Gasteiger partial charge in [0.2, 0.25) is 0 Å². The van der Waals surface area contributed by atoms with Crippen molar-refractivity contribution in [3.8, 4) is 11.8 Å². The van der Waals surface area contributed by atoms with E-state index in [9.17, 15) is 9.18 Å². The minimum atomic E-state index is -0.763. The molecule has 5 nitrogen and oxygen atoms in total. The molecule has 6 heteroatoms.